The maximum absolute atomic E-state index is 11.3. The first kappa shape index (κ1) is 14.5. The van der Waals surface area contributed by atoms with Gasteiger partial charge in [0.25, 0.3) is 5.91 Å². The van der Waals surface area contributed by atoms with Crippen molar-refractivity contribution in [3.63, 3.8) is 0 Å². The number of aryl methyl sites for hydroxylation is 2. The van der Waals surface area contributed by atoms with Crippen molar-refractivity contribution < 1.29 is 9.53 Å². The van der Waals surface area contributed by atoms with E-state index in [0.717, 1.165) is 21.9 Å². The molecule has 2 aromatic rings. The number of nitrogens with two attached hydrogens (primary N) is 1. The van der Waals surface area contributed by atoms with Crippen molar-refractivity contribution in [1.82, 2.24) is 10.4 Å². The van der Waals surface area contributed by atoms with Crippen LogP contribution in [0, 0.1) is 20.8 Å². The first-order chi connectivity index (χ1) is 9.51. The van der Waals surface area contributed by atoms with Crippen molar-refractivity contribution in [1.29, 1.82) is 0 Å². The number of carbonyl (C=O) groups excluding carboxylic acids is 1. The van der Waals surface area contributed by atoms with Gasteiger partial charge >= 0.3 is 0 Å². The molecule has 0 saturated carbocycles. The van der Waals surface area contributed by atoms with Gasteiger partial charge in [0, 0.05) is 0 Å². The van der Waals surface area contributed by atoms with Crippen LogP contribution in [-0.4, -0.2) is 10.9 Å². The summed E-state index contributed by atoms with van der Waals surface area (Å²) in [6.45, 7) is 6.46. The Morgan fingerprint density at radius 3 is 2.85 bits per heavy atom. The molecule has 0 aliphatic heterocycles. The molecule has 0 aliphatic rings. The number of nitrogens with one attached hydrogen (secondary N) is 1. The molecular formula is C14H17N3O2S. The second-order valence-electron chi connectivity index (χ2n) is 4.59. The molecule has 0 unspecified atom stereocenters. The molecule has 20 heavy (non-hydrogen) atoms. The number of nitrogen functional groups attached to an aromatic ring is 1. The fourth-order valence-corrected chi connectivity index (χ4v) is 2.58. The van der Waals surface area contributed by atoms with Crippen molar-refractivity contribution >= 4 is 17.2 Å². The number of hydrogen-bond acceptors (Lipinski definition) is 5. The van der Waals surface area contributed by atoms with Gasteiger partial charge in [-0.3, -0.25) is 10.2 Å². The van der Waals surface area contributed by atoms with E-state index in [1.165, 1.54) is 23.1 Å². The molecule has 5 nitrogen and oxygen atoms in total. The van der Waals surface area contributed by atoms with Crippen LogP contribution < -0.4 is 16.0 Å². The molecule has 106 valence electrons. The lowest BCUT2D eigenvalue weighted by atomic mass is 10.1. The van der Waals surface area contributed by atoms with Crippen LogP contribution in [0.1, 0.15) is 31.4 Å². The van der Waals surface area contributed by atoms with E-state index < -0.39 is 0 Å². The topological polar surface area (TPSA) is 77.2 Å². The van der Waals surface area contributed by atoms with Gasteiger partial charge < -0.3 is 4.74 Å². The molecule has 0 atom stereocenters. The number of thiazole rings is 1. The molecule has 0 spiro atoms. The van der Waals surface area contributed by atoms with Gasteiger partial charge in [-0.05, 0) is 43.5 Å². The second kappa shape index (κ2) is 6.02. The van der Waals surface area contributed by atoms with Crippen LogP contribution in [0.5, 0.6) is 5.75 Å². The fourth-order valence-electron chi connectivity index (χ4n) is 1.84. The number of hydrazine groups is 1. The molecule has 0 bridgehead atoms. The second-order valence-corrected chi connectivity index (χ2v) is 5.70. The highest BCUT2D eigenvalue weighted by atomic mass is 32.1. The Balaban J connectivity index is 2.09. The lowest BCUT2D eigenvalue weighted by Gasteiger charge is -2.11. The standard InChI is InChI=1S/C14H17N3O2S/c1-8-4-9(2)10(3)11(5-8)19-7-13-16-6-12(20-13)14(18)17-15/h4-6H,7,15H2,1-3H3,(H,17,18). The first-order valence-electron chi connectivity index (χ1n) is 6.17. The van der Waals surface area contributed by atoms with Gasteiger partial charge in [0.15, 0.2) is 0 Å². The van der Waals surface area contributed by atoms with Crippen LogP contribution in [-0.2, 0) is 6.61 Å². The van der Waals surface area contributed by atoms with Crippen LogP contribution in [0.3, 0.4) is 0 Å². The zero-order valence-electron chi connectivity index (χ0n) is 11.7. The molecule has 1 heterocycles. The highest BCUT2D eigenvalue weighted by Crippen LogP contribution is 2.24. The zero-order valence-corrected chi connectivity index (χ0v) is 12.5. The van der Waals surface area contributed by atoms with Gasteiger partial charge in [-0.2, -0.15) is 0 Å². The third kappa shape index (κ3) is 3.15. The van der Waals surface area contributed by atoms with Crippen LogP contribution in [0.4, 0.5) is 0 Å². The highest BCUT2D eigenvalue weighted by Gasteiger charge is 2.10. The van der Waals surface area contributed by atoms with Crippen LogP contribution in [0.2, 0.25) is 0 Å². The maximum Gasteiger partial charge on any atom is 0.276 e. The number of ether oxygens (including phenoxy) is 1. The SMILES string of the molecule is Cc1cc(C)c(C)c(OCc2ncc(C(=O)NN)s2)c1. The highest BCUT2D eigenvalue weighted by molar-refractivity contribution is 7.13. The third-order valence-electron chi connectivity index (χ3n) is 3.02. The van der Waals surface area contributed by atoms with E-state index in [1.54, 1.807) is 0 Å². The van der Waals surface area contributed by atoms with E-state index in [-0.39, 0.29) is 5.91 Å². The Hall–Kier alpha value is -1.92. The summed E-state index contributed by atoms with van der Waals surface area (Å²) in [7, 11) is 0. The summed E-state index contributed by atoms with van der Waals surface area (Å²) in [4.78, 5) is 16.0. The Morgan fingerprint density at radius 1 is 1.40 bits per heavy atom. The van der Waals surface area contributed by atoms with Crippen LogP contribution in [0.15, 0.2) is 18.3 Å². The molecule has 0 radical (unpaired) electrons. The summed E-state index contributed by atoms with van der Waals surface area (Å²) in [5.74, 6) is 5.59. The summed E-state index contributed by atoms with van der Waals surface area (Å²) in [5.41, 5.74) is 5.56. The largest absolute Gasteiger partial charge is 0.486 e. The molecule has 0 saturated heterocycles. The summed E-state index contributed by atoms with van der Waals surface area (Å²) >= 11 is 1.27. The fraction of sp³-hybridized carbons (Fsp3) is 0.286. The quantitative estimate of drug-likeness (QED) is 0.514. The minimum Gasteiger partial charge on any atom is -0.486 e. The van der Waals surface area contributed by atoms with Crippen LogP contribution >= 0.6 is 11.3 Å². The van der Waals surface area contributed by atoms with E-state index in [2.05, 4.69) is 23.4 Å². The van der Waals surface area contributed by atoms with E-state index in [1.807, 2.05) is 19.9 Å². The first-order valence-corrected chi connectivity index (χ1v) is 6.99. The Bertz CT molecular complexity index is 637. The van der Waals surface area contributed by atoms with Crippen LogP contribution in [0.25, 0.3) is 0 Å². The van der Waals surface area contributed by atoms with E-state index in [9.17, 15) is 4.79 Å². The monoisotopic (exact) mass is 291 g/mol. The van der Waals surface area contributed by atoms with E-state index >= 15 is 0 Å². The predicted octanol–water partition coefficient (Wildman–Crippen LogP) is 2.25. The lowest BCUT2D eigenvalue weighted by Crippen LogP contribution is -2.29. The van der Waals surface area contributed by atoms with Crippen molar-refractivity contribution in [2.75, 3.05) is 0 Å². The van der Waals surface area contributed by atoms with Gasteiger partial charge in [-0.15, -0.1) is 11.3 Å². The van der Waals surface area contributed by atoms with E-state index in [0.29, 0.717) is 11.5 Å². The maximum atomic E-state index is 11.3. The number of hydrogen-bond donors (Lipinski definition) is 2. The Kier molecular flexibility index (Phi) is 4.36. The van der Waals surface area contributed by atoms with Crippen molar-refractivity contribution in [2.24, 2.45) is 5.84 Å². The minimum absolute atomic E-state index is 0.337. The smallest absolute Gasteiger partial charge is 0.276 e. The Morgan fingerprint density at radius 2 is 2.15 bits per heavy atom. The summed E-state index contributed by atoms with van der Waals surface area (Å²) in [6, 6.07) is 4.12. The van der Waals surface area contributed by atoms with Gasteiger partial charge in [0.05, 0.1) is 6.20 Å². The van der Waals surface area contributed by atoms with Gasteiger partial charge in [0.1, 0.15) is 22.2 Å². The number of carbonyl (C=O) groups is 1. The molecule has 0 fully saturated rings. The van der Waals surface area contributed by atoms with Crippen molar-refractivity contribution in [3.8, 4) is 5.75 Å². The summed E-state index contributed by atoms with van der Waals surface area (Å²) in [5, 5.41) is 0.738. The summed E-state index contributed by atoms with van der Waals surface area (Å²) < 4.78 is 5.80. The third-order valence-corrected chi connectivity index (χ3v) is 3.99. The molecule has 2 rings (SSSR count). The molecule has 1 amide bonds. The Labute approximate surface area is 121 Å². The average molecular weight is 291 g/mol. The minimum atomic E-state index is -0.337. The number of aromatic nitrogens is 1. The zero-order chi connectivity index (χ0) is 14.7. The number of nitrogens with zero attached hydrogens (tertiary/aromatic N) is 1. The van der Waals surface area contributed by atoms with Crippen molar-refractivity contribution in [2.45, 2.75) is 27.4 Å². The average Bonchev–Trinajstić information content (AvgIpc) is 2.89. The summed E-state index contributed by atoms with van der Waals surface area (Å²) in [6.07, 6.45) is 1.50. The number of benzene rings is 1. The van der Waals surface area contributed by atoms with E-state index in [4.69, 9.17) is 10.6 Å². The molecular weight excluding hydrogens is 274 g/mol. The van der Waals surface area contributed by atoms with Gasteiger partial charge in [-0.1, -0.05) is 6.07 Å². The number of amides is 1. The molecule has 0 aliphatic carbocycles. The molecule has 3 N–H and O–H groups in total. The van der Waals surface area contributed by atoms with Crippen molar-refractivity contribution in [3.05, 3.63) is 44.9 Å². The normalized spacial score (nSPS) is 10.4. The predicted molar refractivity (Wildman–Crippen MR) is 78.8 cm³/mol. The van der Waals surface area contributed by atoms with Gasteiger partial charge in [0.2, 0.25) is 0 Å². The molecule has 1 aromatic carbocycles. The molecule has 6 heteroatoms. The number of rotatable bonds is 4. The molecule has 1 aromatic heterocycles. The lowest BCUT2D eigenvalue weighted by molar-refractivity contribution is 0.0957. The van der Waals surface area contributed by atoms with Gasteiger partial charge in [-0.25, -0.2) is 10.8 Å².